The van der Waals surface area contributed by atoms with Gasteiger partial charge in [0.1, 0.15) is 5.03 Å². The zero-order chi connectivity index (χ0) is 18.5. The molecule has 0 saturated heterocycles. The fourth-order valence-electron chi connectivity index (χ4n) is 2.02. The average Bonchev–Trinajstić information content (AvgIpc) is 2.63. The molecule has 0 aliphatic carbocycles. The molecular formula is C18H13Cl3N2OS2. The molecule has 0 saturated carbocycles. The van der Waals surface area contributed by atoms with E-state index in [1.807, 2.05) is 36.4 Å². The first kappa shape index (κ1) is 19.6. The summed E-state index contributed by atoms with van der Waals surface area (Å²) in [5.74, 6) is 1.27. The maximum Gasteiger partial charge on any atom is 0.189 e. The fraction of sp³-hybridized carbons (Fsp3) is 0.111. The van der Waals surface area contributed by atoms with Crippen molar-refractivity contribution in [2.24, 2.45) is 0 Å². The van der Waals surface area contributed by atoms with Gasteiger partial charge < -0.3 is 4.74 Å². The Hall–Kier alpha value is -1.11. The van der Waals surface area contributed by atoms with E-state index in [-0.39, 0.29) is 0 Å². The predicted molar refractivity (Wildman–Crippen MR) is 110 cm³/mol. The van der Waals surface area contributed by atoms with E-state index in [1.54, 1.807) is 19.4 Å². The van der Waals surface area contributed by atoms with Crippen LogP contribution in [0.5, 0.6) is 5.75 Å². The molecule has 1 aromatic heterocycles. The molecule has 3 aromatic rings. The summed E-state index contributed by atoms with van der Waals surface area (Å²) in [7, 11) is 1.60. The Labute approximate surface area is 175 Å². The van der Waals surface area contributed by atoms with Gasteiger partial charge >= 0.3 is 0 Å². The first-order chi connectivity index (χ1) is 12.5. The monoisotopic (exact) mass is 442 g/mol. The third-order valence-electron chi connectivity index (χ3n) is 3.32. The predicted octanol–water partition coefficient (Wildman–Crippen LogP) is 6.89. The lowest BCUT2D eigenvalue weighted by Gasteiger charge is -2.09. The Bertz CT molecular complexity index is 907. The van der Waals surface area contributed by atoms with Gasteiger partial charge in [-0.1, -0.05) is 64.4 Å². The molecule has 0 bridgehead atoms. The number of halogens is 3. The van der Waals surface area contributed by atoms with Gasteiger partial charge in [-0.05, 0) is 42.0 Å². The van der Waals surface area contributed by atoms with Gasteiger partial charge in [0, 0.05) is 25.7 Å². The van der Waals surface area contributed by atoms with Crippen molar-refractivity contribution in [3.63, 3.8) is 0 Å². The standard InChI is InChI=1S/C18H13Cl3N2OS2/c1-24-16-9-22-18(25-10-11-2-3-13(20)8-15(11)21)23-17(16)26-14-6-4-12(19)5-7-14/h2-9H,10H2,1H3. The van der Waals surface area contributed by atoms with Gasteiger partial charge in [-0.3, -0.25) is 0 Å². The maximum atomic E-state index is 6.22. The van der Waals surface area contributed by atoms with Gasteiger partial charge in [0.2, 0.25) is 0 Å². The molecule has 26 heavy (non-hydrogen) atoms. The highest BCUT2D eigenvalue weighted by molar-refractivity contribution is 7.99. The Kier molecular flexibility index (Phi) is 6.95. The first-order valence-electron chi connectivity index (χ1n) is 7.46. The lowest BCUT2D eigenvalue weighted by molar-refractivity contribution is 0.395. The summed E-state index contributed by atoms with van der Waals surface area (Å²) in [6.07, 6.45) is 1.68. The second-order valence-electron chi connectivity index (χ2n) is 5.11. The van der Waals surface area contributed by atoms with Crippen molar-refractivity contribution in [3.05, 3.63) is 69.3 Å². The second-order valence-corrected chi connectivity index (χ2v) is 8.39. The van der Waals surface area contributed by atoms with Gasteiger partial charge in [-0.25, -0.2) is 9.97 Å². The zero-order valence-electron chi connectivity index (χ0n) is 13.6. The molecule has 0 atom stereocenters. The Balaban J connectivity index is 1.77. The van der Waals surface area contributed by atoms with Gasteiger partial charge in [0.15, 0.2) is 10.9 Å². The molecule has 0 amide bonds. The topological polar surface area (TPSA) is 35.0 Å². The Morgan fingerprint density at radius 2 is 1.73 bits per heavy atom. The molecule has 0 fully saturated rings. The highest BCUT2D eigenvalue weighted by atomic mass is 35.5. The molecule has 3 rings (SSSR count). The number of nitrogens with zero attached hydrogens (tertiary/aromatic N) is 2. The number of ether oxygens (including phenoxy) is 1. The third-order valence-corrected chi connectivity index (χ3v) is 6.06. The molecule has 0 N–H and O–H groups in total. The highest BCUT2D eigenvalue weighted by Crippen LogP contribution is 2.35. The van der Waals surface area contributed by atoms with E-state index >= 15 is 0 Å². The van der Waals surface area contributed by atoms with Crippen molar-refractivity contribution in [2.75, 3.05) is 7.11 Å². The van der Waals surface area contributed by atoms with Crippen LogP contribution >= 0.6 is 58.3 Å². The van der Waals surface area contributed by atoms with Crippen LogP contribution in [0.1, 0.15) is 5.56 Å². The van der Waals surface area contributed by atoms with Crippen LogP contribution < -0.4 is 4.74 Å². The Morgan fingerprint density at radius 3 is 2.42 bits per heavy atom. The molecule has 2 aromatic carbocycles. The lowest BCUT2D eigenvalue weighted by Crippen LogP contribution is -1.95. The van der Waals surface area contributed by atoms with Gasteiger partial charge in [-0.2, -0.15) is 0 Å². The summed E-state index contributed by atoms with van der Waals surface area (Å²) in [6, 6.07) is 13.0. The first-order valence-corrected chi connectivity index (χ1v) is 10.4. The average molecular weight is 444 g/mol. The largest absolute Gasteiger partial charge is 0.492 e. The second kappa shape index (κ2) is 9.20. The number of methoxy groups -OCH3 is 1. The number of aromatic nitrogens is 2. The number of rotatable bonds is 6. The van der Waals surface area contributed by atoms with Crippen LogP contribution in [0.4, 0.5) is 0 Å². The van der Waals surface area contributed by atoms with Crippen molar-refractivity contribution in [1.82, 2.24) is 9.97 Å². The van der Waals surface area contributed by atoms with E-state index in [1.165, 1.54) is 23.5 Å². The molecule has 134 valence electrons. The van der Waals surface area contributed by atoms with Crippen molar-refractivity contribution in [3.8, 4) is 5.75 Å². The molecule has 1 heterocycles. The SMILES string of the molecule is COc1cnc(SCc2ccc(Cl)cc2Cl)nc1Sc1ccc(Cl)cc1. The number of thioether (sulfide) groups is 1. The minimum absolute atomic E-state index is 0.617. The molecule has 0 aliphatic heterocycles. The van der Waals surface area contributed by atoms with Crippen LogP contribution in [0.3, 0.4) is 0 Å². The van der Waals surface area contributed by atoms with E-state index in [0.717, 1.165) is 15.5 Å². The number of hydrogen-bond acceptors (Lipinski definition) is 5. The highest BCUT2D eigenvalue weighted by Gasteiger charge is 2.11. The molecule has 0 spiro atoms. The molecule has 8 heteroatoms. The normalized spacial score (nSPS) is 10.8. The third kappa shape index (κ3) is 5.21. The smallest absolute Gasteiger partial charge is 0.189 e. The summed E-state index contributed by atoms with van der Waals surface area (Å²) in [6.45, 7) is 0. The van der Waals surface area contributed by atoms with E-state index in [2.05, 4.69) is 9.97 Å². The summed E-state index contributed by atoms with van der Waals surface area (Å²) in [5, 5.41) is 3.34. The summed E-state index contributed by atoms with van der Waals surface area (Å²) in [4.78, 5) is 9.98. The van der Waals surface area contributed by atoms with Gasteiger partial charge in [0.25, 0.3) is 0 Å². The van der Waals surface area contributed by atoms with Crippen LogP contribution in [0.2, 0.25) is 15.1 Å². The summed E-state index contributed by atoms with van der Waals surface area (Å²) < 4.78 is 5.37. The van der Waals surface area contributed by atoms with Crippen molar-refractivity contribution in [1.29, 1.82) is 0 Å². The van der Waals surface area contributed by atoms with Crippen molar-refractivity contribution < 1.29 is 4.74 Å². The van der Waals surface area contributed by atoms with Crippen molar-refractivity contribution >= 4 is 58.3 Å². The number of benzene rings is 2. The van der Waals surface area contributed by atoms with Gasteiger partial charge in [0.05, 0.1) is 13.3 Å². The van der Waals surface area contributed by atoms with E-state index in [9.17, 15) is 0 Å². The fourth-order valence-corrected chi connectivity index (χ4v) is 4.44. The lowest BCUT2D eigenvalue weighted by atomic mass is 10.2. The molecular weight excluding hydrogens is 431 g/mol. The van der Waals surface area contributed by atoms with Gasteiger partial charge in [-0.15, -0.1) is 0 Å². The van der Waals surface area contributed by atoms with Crippen LogP contribution in [-0.4, -0.2) is 17.1 Å². The maximum absolute atomic E-state index is 6.22. The van der Waals surface area contributed by atoms with E-state index < -0.39 is 0 Å². The minimum atomic E-state index is 0.617. The minimum Gasteiger partial charge on any atom is -0.492 e. The van der Waals surface area contributed by atoms with Crippen LogP contribution in [-0.2, 0) is 5.75 Å². The van der Waals surface area contributed by atoms with E-state index in [4.69, 9.17) is 39.5 Å². The summed E-state index contributed by atoms with van der Waals surface area (Å²) >= 11 is 21.1. The van der Waals surface area contributed by atoms with Crippen LogP contribution in [0, 0.1) is 0 Å². The molecule has 0 unspecified atom stereocenters. The van der Waals surface area contributed by atoms with Crippen LogP contribution in [0.15, 0.2) is 63.7 Å². The molecule has 3 nitrogen and oxygen atoms in total. The quantitative estimate of drug-likeness (QED) is 0.235. The molecule has 0 radical (unpaired) electrons. The molecule has 0 aliphatic rings. The van der Waals surface area contributed by atoms with Crippen molar-refractivity contribution in [2.45, 2.75) is 20.8 Å². The number of hydrogen-bond donors (Lipinski definition) is 0. The van der Waals surface area contributed by atoms with E-state index in [0.29, 0.717) is 31.7 Å². The van der Waals surface area contributed by atoms with Crippen LogP contribution in [0.25, 0.3) is 0 Å². The zero-order valence-corrected chi connectivity index (χ0v) is 17.5. The summed E-state index contributed by atoms with van der Waals surface area (Å²) in [5.41, 5.74) is 0.979. The Morgan fingerprint density at radius 1 is 1.00 bits per heavy atom.